The van der Waals surface area contributed by atoms with Crippen molar-refractivity contribution in [3.8, 4) is 6.07 Å². The van der Waals surface area contributed by atoms with E-state index in [0.29, 0.717) is 26.8 Å². The molecule has 2 aromatic carbocycles. The van der Waals surface area contributed by atoms with Crippen LogP contribution in [0.15, 0.2) is 48.5 Å². The molecule has 7 heteroatoms. The first-order valence-electron chi connectivity index (χ1n) is 6.90. The molecule has 0 fully saturated rings. The summed E-state index contributed by atoms with van der Waals surface area (Å²) in [5.74, 6) is -0.475. The number of carbonyl (C=O) groups excluding carboxylic acids is 1. The lowest BCUT2D eigenvalue weighted by Crippen LogP contribution is -2.02. The fourth-order valence-electron chi connectivity index (χ4n) is 2.03. The molecule has 3 rings (SSSR count). The highest BCUT2D eigenvalue weighted by molar-refractivity contribution is 7.18. The number of benzene rings is 2. The van der Waals surface area contributed by atoms with E-state index in [1.54, 1.807) is 36.4 Å². The number of nitriles is 1. The van der Waals surface area contributed by atoms with Gasteiger partial charge in [0, 0.05) is 11.3 Å². The van der Waals surface area contributed by atoms with E-state index in [1.165, 1.54) is 12.1 Å². The Morgan fingerprint density at radius 1 is 1.17 bits per heavy atom. The van der Waals surface area contributed by atoms with Crippen molar-refractivity contribution in [3.05, 3.63) is 70.4 Å². The highest BCUT2D eigenvalue weighted by Gasteiger charge is 2.18. The van der Waals surface area contributed by atoms with Crippen LogP contribution < -0.4 is 11.1 Å². The highest BCUT2D eigenvalue weighted by atomic mass is 32.1. The monoisotopic (exact) mass is 338 g/mol. The summed E-state index contributed by atoms with van der Waals surface area (Å²) < 4.78 is 12.9. The fraction of sp³-hybridized carbons (Fsp3) is 0. The summed E-state index contributed by atoms with van der Waals surface area (Å²) in [4.78, 5) is 16.9. The van der Waals surface area contributed by atoms with E-state index < -0.39 is 0 Å². The van der Waals surface area contributed by atoms with Gasteiger partial charge >= 0.3 is 0 Å². The SMILES string of the molecule is N#Cc1ccc(C(=O)c2sc(Nc3ccc(F)cc3)nc2N)cc1. The molecule has 0 radical (unpaired) electrons. The zero-order valence-corrected chi connectivity index (χ0v) is 13.1. The number of nitrogens with zero attached hydrogens (tertiary/aromatic N) is 2. The number of anilines is 3. The molecule has 0 atom stereocenters. The molecule has 3 aromatic rings. The molecule has 1 heterocycles. The van der Waals surface area contributed by atoms with E-state index in [1.807, 2.05) is 6.07 Å². The third kappa shape index (κ3) is 3.24. The van der Waals surface area contributed by atoms with Crippen LogP contribution in [0.1, 0.15) is 20.8 Å². The van der Waals surface area contributed by atoms with Crippen LogP contribution in [0.4, 0.5) is 21.0 Å². The predicted octanol–water partition coefficient (Wildman–Crippen LogP) is 3.71. The summed E-state index contributed by atoms with van der Waals surface area (Å²) in [6, 6.07) is 14.1. The van der Waals surface area contributed by atoms with Crippen LogP contribution in [0.3, 0.4) is 0 Å². The van der Waals surface area contributed by atoms with Crippen molar-refractivity contribution >= 4 is 33.8 Å². The Labute approximate surface area is 141 Å². The Morgan fingerprint density at radius 2 is 1.83 bits per heavy atom. The minimum Gasteiger partial charge on any atom is -0.382 e. The van der Waals surface area contributed by atoms with E-state index in [9.17, 15) is 9.18 Å². The predicted molar refractivity (Wildman–Crippen MR) is 90.8 cm³/mol. The molecule has 5 nitrogen and oxygen atoms in total. The Morgan fingerprint density at radius 3 is 2.46 bits per heavy atom. The van der Waals surface area contributed by atoms with Gasteiger partial charge in [0.2, 0.25) is 5.78 Å². The van der Waals surface area contributed by atoms with E-state index >= 15 is 0 Å². The number of ketones is 1. The topological polar surface area (TPSA) is 91.8 Å². The van der Waals surface area contributed by atoms with Gasteiger partial charge in [-0.3, -0.25) is 4.79 Å². The molecule has 0 bridgehead atoms. The maximum Gasteiger partial charge on any atom is 0.206 e. The summed E-state index contributed by atoms with van der Waals surface area (Å²) in [5.41, 5.74) is 7.38. The van der Waals surface area contributed by atoms with Crippen molar-refractivity contribution in [2.45, 2.75) is 0 Å². The van der Waals surface area contributed by atoms with Crippen LogP contribution in [0.2, 0.25) is 0 Å². The van der Waals surface area contributed by atoms with E-state index in [-0.39, 0.29) is 17.4 Å². The first kappa shape index (κ1) is 15.6. The fourth-order valence-corrected chi connectivity index (χ4v) is 2.90. The number of carbonyl (C=O) groups is 1. The third-order valence-electron chi connectivity index (χ3n) is 3.23. The lowest BCUT2D eigenvalue weighted by Gasteiger charge is -2.01. The molecular weight excluding hydrogens is 327 g/mol. The van der Waals surface area contributed by atoms with Crippen molar-refractivity contribution < 1.29 is 9.18 Å². The smallest absolute Gasteiger partial charge is 0.206 e. The standard InChI is InChI=1S/C17H11FN4OS/c18-12-5-7-13(8-6-12)21-17-22-16(20)15(24-17)14(23)11-3-1-10(9-19)2-4-11/h1-8H,20H2,(H,21,22). The Hall–Kier alpha value is -3.24. The normalized spacial score (nSPS) is 10.2. The maximum absolute atomic E-state index is 12.9. The molecule has 1 aromatic heterocycles. The molecule has 0 aliphatic rings. The quantitative estimate of drug-likeness (QED) is 0.708. The number of hydrogen-bond acceptors (Lipinski definition) is 6. The van der Waals surface area contributed by atoms with Crippen LogP contribution in [0, 0.1) is 17.1 Å². The molecule has 0 saturated carbocycles. The summed E-state index contributed by atoms with van der Waals surface area (Å²) in [7, 11) is 0. The molecule has 3 N–H and O–H groups in total. The number of halogens is 1. The van der Waals surface area contributed by atoms with Crippen LogP contribution in [0.25, 0.3) is 0 Å². The zero-order chi connectivity index (χ0) is 17.1. The molecular formula is C17H11FN4OS. The number of aromatic nitrogens is 1. The lowest BCUT2D eigenvalue weighted by molar-refractivity contribution is 0.104. The van der Waals surface area contributed by atoms with Crippen molar-refractivity contribution in [2.24, 2.45) is 0 Å². The lowest BCUT2D eigenvalue weighted by atomic mass is 10.1. The molecule has 0 saturated heterocycles. The largest absolute Gasteiger partial charge is 0.382 e. The number of rotatable bonds is 4. The summed E-state index contributed by atoms with van der Waals surface area (Å²) in [6.07, 6.45) is 0. The van der Waals surface area contributed by atoms with Gasteiger partial charge in [0.25, 0.3) is 0 Å². The molecule has 0 spiro atoms. The average molecular weight is 338 g/mol. The average Bonchev–Trinajstić information content (AvgIpc) is 2.96. The Balaban J connectivity index is 1.83. The van der Waals surface area contributed by atoms with E-state index in [4.69, 9.17) is 11.0 Å². The Kier molecular flexibility index (Phi) is 4.22. The van der Waals surface area contributed by atoms with Crippen molar-refractivity contribution in [1.29, 1.82) is 5.26 Å². The molecule has 0 aliphatic carbocycles. The van der Waals surface area contributed by atoms with Crippen LogP contribution in [-0.2, 0) is 0 Å². The molecule has 0 aliphatic heterocycles. The first-order valence-corrected chi connectivity index (χ1v) is 7.72. The number of hydrogen-bond donors (Lipinski definition) is 2. The molecule has 0 unspecified atom stereocenters. The number of nitrogens with one attached hydrogen (secondary N) is 1. The second kappa shape index (κ2) is 6.48. The van der Waals surface area contributed by atoms with Gasteiger partial charge in [-0.25, -0.2) is 9.37 Å². The van der Waals surface area contributed by atoms with Gasteiger partial charge in [-0.05, 0) is 48.5 Å². The van der Waals surface area contributed by atoms with Crippen LogP contribution in [0.5, 0.6) is 0 Å². The third-order valence-corrected chi connectivity index (χ3v) is 4.22. The van der Waals surface area contributed by atoms with Gasteiger partial charge in [0.05, 0.1) is 11.6 Å². The summed E-state index contributed by atoms with van der Waals surface area (Å²) in [5, 5.41) is 12.2. The highest BCUT2D eigenvalue weighted by Crippen LogP contribution is 2.29. The second-order valence-corrected chi connectivity index (χ2v) is 5.88. The zero-order valence-electron chi connectivity index (χ0n) is 12.3. The van der Waals surface area contributed by atoms with Gasteiger partial charge in [0.1, 0.15) is 16.5 Å². The van der Waals surface area contributed by atoms with Gasteiger partial charge in [-0.15, -0.1) is 0 Å². The minimum absolute atomic E-state index is 0.124. The summed E-state index contributed by atoms with van der Waals surface area (Å²) >= 11 is 1.12. The molecule has 118 valence electrons. The number of thiazole rings is 1. The summed E-state index contributed by atoms with van der Waals surface area (Å²) in [6.45, 7) is 0. The van der Waals surface area contributed by atoms with Crippen molar-refractivity contribution in [1.82, 2.24) is 4.98 Å². The second-order valence-electron chi connectivity index (χ2n) is 4.88. The number of nitrogen functional groups attached to an aromatic ring is 1. The number of nitrogens with two attached hydrogens (primary N) is 1. The van der Waals surface area contributed by atoms with Gasteiger partial charge in [0.15, 0.2) is 5.13 Å². The van der Waals surface area contributed by atoms with Crippen molar-refractivity contribution in [2.75, 3.05) is 11.1 Å². The maximum atomic E-state index is 12.9. The van der Waals surface area contributed by atoms with Crippen LogP contribution >= 0.6 is 11.3 Å². The van der Waals surface area contributed by atoms with Crippen LogP contribution in [-0.4, -0.2) is 10.8 Å². The molecule has 24 heavy (non-hydrogen) atoms. The van der Waals surface area contributed by atoms with Gasteiger partial charge in [-0.2, -0.15) is 5.26 Å². The van der Waals surface area contributed by atoms with E-state index in [0.717, 1.165) is 11.3 Å². The Bertz CT molecular complexity index is 927. The van der Waals surface area contributed by atoms with Gasteiger partial charge < -0.3 is 11.1 Å². The van der Waals surface area contributed by atoms with Gasteiger partial charge in [-0.1, -0.05) is 11.3 Å². The minimum atomic E-state index is -0.337. The molecule has 0 amide bonds. The van der Waals surface area contributed by atoms with E-state index in [2.05, 4.69) is 10.3 Å². The first-order chi connectivity index (χ1) is 11.6. The van der Waals surface area contributed by atoms with Crippen molar-refractivity contribution in [3.63, 3.8) is 0 Å².